The third-order valence-corrected chi connectivity index (χ3v) is 5.81. The van der Waals surface area contributed by atoms with Crippen LogP contribution in [0.25, 0.3) is 0 Å². The molecular formula is C18H41F3N2O2S. The van der Waals surface area contributed by atoms with Crippen LogP contribution in [0, 0.1) is 11.8 Å². The smallest absolute Gasteiger partial charge is 0.330 e. The van der Waals surface area contributed by atoms with Crippen LogP contribution in [0.15, 0.2) is 0 Å². The Bertz CT molecular complexity index is 417. The third kappa shape index (κ3) is 11.4. The Hall–Kier alpha value is -0.340. The first kappa shape index (κ1) is 30.4. The highest BCUT2D eigenvalue weighted by Gasteiger charge is 2.45. The van der Waals surface area contributed by atoms with E-state index in [-0.39, 0.29) is 34.7 Å². The van der Waals surface area contributed by atoms with Crippen molar-refractivity contribution in [1.29, 1.82) is 0 Å². The monoisotopic (exact) mass is 406 g/mol. The van der Waals surface area contributed by atoms with Crippen LogP contribution in [0.4, 0.5) is 13.2 Å². The normalized spacial score (nSPS) is 19.1. The molecule has 0 bridgehead atoms. The molecule has 0 atom stereocenters. The van der Waals surface area contributed by atoms with Crippen LogP contribution >= 0.6 is 0 Å². The zero-order chi connectivity index (χ0) is 17.3. The summed E-state index contributed by atoms with van der Waals surface area (Å²) < 4.78 is 58.7. The maximum absolute atomic E-state index is 11.9. The Kier molecular flexibility index (Phi) is 17.2. The lowest BCUT2D eigenvalue weighted by molar-refractivity contribution is -0.0448. The fourth-order valence-electron chi connectivity index (χ4n) is 3.12. The molecule has 0 spiro atoms. The van der Waals surface area contributed by atoms with E-state index in [0.717, 1.165) is 44.6 Å². The van der Waals surface area contributed by atoms with E-state index in [1.54, 1.807) is 4.72 Å². The van der Waals surface area contributed by atoms with Gasteiger partial charge in [-0.15, -0.1) is 0 Å². The molecule has 0 amide bonds. The highest BCUT2D eigenvalue weighted by molar-refractivity contribution is 7.90. The van der Waals surface area contributed by atoms with Crippen molar-refractivity contribution in [1.82, 2.24) is 4.72 Å². The molecule has 0 aliphatic heterocycles. The lowest BCUT2D eigenvalue weighted by Crippen LogP contribution is -2.39. The Morgan fingerprint density at radius 2 is 1.19 bits per heavy atom. The molecule has 0 aromatic carbocycles. The zero-order valence-electron chi connectivity index (χ0n) is 13.6. The van der Waals surface area contributed by atoms with Gasteiger partial charge in [0.15, 0.2) is 0 Å². The van der Waals surface area contributed by atoms with Crippen LogP contribution < -0.4 is 10.5 Å². The number of nitrogens with two attached hydrogens (primary N) is 1. The molecule has 0 unspecified atom stereocenters. The molecule has 8 heteroatoms. The molecule has 2 aliphatic rings. The summed E-state index contributed by atoms with van der Waals surface area (Å²) in [6.45, 7) is 0.821. The zero-order valence-corrected chi connectivity index (χ0v) is 14.4. The van der Waals surface area contributed by atoms with E-state index in [9.17, 15) is 21.6 Å². The first-order valence-electron chi connectivity index (χ1n) is 8.52. The van der Waals surface area contributed by atoms with E-state index in [4.69, 9.17) is 5.73 Å². The van der Waals surface area contributed by atoms with Crippen molar-refractivity contribution in [2.75, 3.05) is 13.1 Å². The van der Waals surface area contributed by atoms with Gasteiger partial charge in [-0.05, 0) is 44.1 Å². The quantitative estimate of drug-likeness (QED) is 0.653. The highest BCUT2D eigenvalue weighted by atomic mass is 32.2. The van der Waals surface area contributed by atoms with Gasteiger partial charge in [0.05, 0.1) is 0 Å². The van der Waals surface area contributed by atoms with Crippen LogP contribution in [-0.4, -0.2) is 27.0 Å². The number of sulfonamides is 1. The van der Waals surface area contributed by atoms with Gasteiger partial charge in [-0.3, -0.25) is 0 Å². The largest absolute Gasteiger partial charge is 0.511 e. The summed E-state index contributed by atoms with van der Waals surface area (Å²) in [5, 5.41) is 0. The first-order chi connectivity index (χ1) is 10.8. The van der Waals surface area contributed by atoms with E-state index in [0.29, 0.717) is 0 Å². The average Bonchev–Trinajstić information content (AvgIpc) is 2.54. The third-order valence-electron chi connectivity index (χ3n) is 4.65. The predicted octanol–water partition coefficient (Wildman–Crippen LogP) is 5.44. The summed E-state index contributed by atoms with van der Waals surface area (Å²) in [4.78, 5) is 0. The highest BCUT2D eigenvalue weighted by Crippen LogP contribution is 2.25. The van der Waals surface area contributed by atoms with Crippen molar-refractivity contribution in [2.24, 2.45) is 17.6 Å². The minimum atomic E-state index is -5.19. The van der Waals surface area contributed by atoms with E-state index in [1.165, 1.54) is 32.1 Å². The van der Waals surface area contributed by atoms with Crippen LogP contribution in [0.2, 0.25) is 0 Å². The summed E-state index contributed by atoms with van der Waals surface area (Å²) in [5.74, 6) is 0.916. The Morgan fingerprint density at radius 1 is 0.808 bits per heavy atom. The summed E-state index contributed by atoms with van der Waals surface area (Å²) in [6, 6.07) is 0. The molecule has 2 saturated carbocycles. The van der Waals surface area contributed by atoms with Gasteiger partial charge in [0.1, 0.15) is 0 Å². The molecular weight excluding hydrogens is 365 g/mol. The van der Waals surface area contributed by atoms with Crippen LogP contribution in [0.3, 0.4) is 0 Å². The lowest BCUT2D eigenvalue weighted by atomic mass is 9.90. The summed E-state index contributed by atoms with van der Waals surface area (Å²) in [7, 11) is -5.15. The maximum atomic E-state index is 11.9. The minimum absolute atomic E-state index is 0. The van der Waals surface area contributed by atoms with Gasteiger partial charge in [0.25, 0.3) is 0 Å². The summed E-state index contributed by atoms with van der Waals surface area (Å²) in [6.07, 6.45) is 11.7. The molecule has 2 aliphatic carbocycles. The fraction of sp³-hybridized carbons (Fsp3) is 1.00. The van der Waals surface area contributed by atoms with Crippen molar-refractivity contribution < 1.29 is 21.6 Å². The number of halogens is 3. The van der Waals surface area contributed by atoms with Crippen LogP contribution in [0.1, 0.15) is 86.5 Å². The Labute approximate surface area is 159 Å². The van der Waals surface area contributed by atoms with Gasteiger partial charge in [-0.25, -0.2) is 13.1 Å². The summed E-state index contributed by atoms with van der Waals surface area (Å²) in [5.41, 5.74) is 0.310. The lowest BCUT2D eigenvalue weighted by Gasteiger charge is -2.21. The number of hydrogen-bond donors (Lipinski definition) is 2. The van der Waals surface area contributed by atoms with E-state index in [2.05, 4.69) is 0 Å². The molecule has 2 fully saturated rings. The van der Waals surface area contributed by atoms with Gasteiger partial charge >= 0.3 is 15.5 Å². The minimum Gasteiger partial charge on any atom is -0.330 e. The topological polar surface area (TPSA) is 72.2 Å². The average molecular weight is 407 g/mol. The molecule has 3 N–H and O–H groups in total. The van der Waals surface area contributed by atoms with Crippen LogP contribution in [0.5, 0.6) is 0 Å². The molecule has 0 aromatic rings. The molecule has 0 saturated heterocycles. The Balaban J connectivity index is -0.000000416. The van der Waals surface area contributed by atoms with Gasteiger partial charge in [-0.1, -0.05) is 60.8 Å². The molecule has 0 aromatic heterocycles. The van der Waals surface area contributed by atoms with Gasteiger partial charge < -0.3 is 5.73 Å². The molecule has 4 nitrogen and oxygen atoms in total. The molecule has 162 valence electrons. The van der Waals surface area contributed by atoms with Crippen molar-refractivity contribution in [3.8, 4) is 0 Å². The van der Waals surface area contributed by atoms with Gasteiger partial charge in [0.2, 0.25) is 0 Å². The molecule has 26 heavy (non-hydrogen) atoms. The fourth-order valence-corrected chi connectivity index (χ4v) is 3.74. The Morgan fingerprint density at radius 3 is 1.50 bits per heavy atom. The molecule has 0 radical (unpaired) electrons. The first-order valence-corrected chi connectivity index (χ1v) is 10.0. The van der Waals surface area contributed by atoms with E-state index in [1.807, 2.05) is 0 Å². The van der Waals surface area contributed by atoms with E-state index < -0.39 is 15.5 Å². The van der Waals surface area contributed by atoms with Crippen molar-refractivity contribution in [3.63, 3.8) is 0 Å². The summed E-state index contributed by atoms with van der Waals surface area (Å²) >= 11 is 0. The van der Waals surface area contributed by atoms with Crippen molar-refractivity contribution in [2.45, 2.75) is 92.0 Å². The van der Waals surface area contributed by atoms with Crippen molar-refractivity contribution >= 4 is 10.0 Å². The van der Waals surface area contributed by atoms with Crippen molar-refractivity contribution in [3.05, 3.63) is 0 Å². The maximum Gasteiger partial charge on any atom is 0.511 e. The predicted molar refractivity (Wildman–Crippen MR) is 105 cm³/mol. The number of rotatable bonds is 4. The number of hydrogen-bond acceptors (Lipinski definition) is 3. The van der Waals surface area contributed by atoms with E-state index >= 15 is 0 Å². The second-order valence-corrected chi connectivity index (χ2v) is 8.30. The number of nitrogens with one attached hydrogen (secondary N) is 1. The second kappa shape index (κ2) is 14.7. The standard InChI is InChI=1S/C8H14F3NO2S.C7H15N.3CH4/c9-8(10,11)15(13,14)12-6-7-4-2-1-3-5-7;8-6-7-4-2-1-3-5-7;;;/h7,12H,1-6H2;7H,1-6,8H2;3*1H4. The number of alkyl halides is 3. The second-order valence-electron chi connectivity index (χ2n) is 6.54. The van der Waals surface area contributed by atoms with Gasteiger partial charge in [-0.2, -0.15) is 13.2 Å². The molecule has 2 rings (SSSR count). The van der Waals surface area contributed by atoms with Gasteiger partial charge in [0, 0.05) is 6.54 Å². The SMILES string of the molecule is C.C.C.NCC1CCCCC1.O=S(=O)(NCC1CCCCC1)C(F)(F)F. The molecule has 0 heterocycles. The van der Waals surface area contributed by atoms with Crippen LogP contribution in [-0.2, 0) is 10.0 Å².